The minimum Gasteiger partial charge on any atom is -0.357 e. The van der Waals surface area contributed by atoms with Crippen LogP contribution in [0.4, 0.5) is 0 Å². The monoisotopic (exact) mass is 316 g/mol. The summed E-state index contributed by atoms with van der Waals surface area (Å²) in [6.45, 7) is -0.310. The number of likely N-dealkylation sites (N-methyl/N-ethyl adjacent to an activating group) is 1. The lowest BCUT2D eigenvalue weighted by Gasteiger charge is -2.18. The van der Waals surface area contributed by atoms with E-state index in [1.807, 2.05) is 0 Å². The number of hydrogen-bond acceptors (Lipinski definition) is 4. The number of aromatic nitrogens is 2. The number of rotatable bonds is 5. The Kier molecular flexibility index (Phi) is 5.08. The zero-order chi connectivity index (χ0) is 16.8. The fourth-order valence-electron chi connectivity index (χ4n) is 2.02. The molecule has 1 aromatic heterocycles. The summed E-state index contributed by atoms with van der Waals surface area (Å²) in [7, 11) is 1.47. The molecule has 8 nitrogen and oxygen atoms in total. The fraction of sp³-hybridized carbons (Fsp3) is 0.200. The Labute approximate surface area is 131 Å². The number of benzene rings is 1. The quantitative estimate of drug-likeness (QED) is 0.666. The van der Waals surface area contributed by atoms with Crippen LogP contribution in [0.1, 0.15) is 11.6 Å². The molecule has 0 bridgehead atoms. The third-order valence-electron chi connectivity index (χ3n) is 3.16. The molecule has 3 N–H and O–H groups in total. The van der Waals surface area contributed by atoms with Gasteiger partial charge in [-0.25, -0.2) is 4.79 Å². The predicted octanol–water partition coefficient (Wildman–Crippen LogP) is -0.860. The first-order valence-corrected chi connectivity index (χ1v) is 6.87. The third-order valence-corrected chi connectivity index (χ3v) is 3.16. The van der Waals surface area contributed by atoms with Crippen molar-refractivity contribution in [2.45, 2.75) is 12.6 Å². The molecule has 2 rings (SSSR count). The Bertz CT molecular complexity index is 810. The summed E-state index contributed by atoms with van der Waals surface area (Å²) in [6, 6.07) is 9.01. The largest absolute Gasteiger partial charge is 0.357 e. The second-order valence-electron chi connectivity index (χ2n) is 4.76. The molecule has 0 saturated heterocycles. The van der Waals surface area contributed by atoms with Gasteiger partial charge in [0.25, 0.3) is 5.56 Å². The molecular formula is C15H16N4O4. The van der Waals surface area contributed by atoms with Gasteiger partial charge in [0.1, 0.15) is 12.6 Å². The van der Waals surface area contributed by atoms with Crippen molar-refractivity contribution in [1.29, 1.82) is 0 Å². The molecule has 0 saturated carbocycles. The summed E-state index contributed by atoms with van der Waals surface area (Å²) < 4.78 is 1.04. The maximum absolute atomic E-state index is 12.1. The third kappa shape index (κ3) is 4.16. The number of amides is 2. The highest BCUT2D eigenvalue weighted by Gasteiger charge is 2.21. The van der Waals surface area contributed by atoms with Gasteiger partial charge in [-0.15, -0.1) is 0 Å². The van der Waals surface area contributed by atoms with Crippen LogP contribution in [0, 0.1) is 0 Å². The smallest absolute Gasteiger partial charge is 0.328 e. The van der Waals surface area contributed by atoms with E-state index in [0.29, 0.717) is 5.56 Å². The second kappa shape index (κ2) is 7.21. The van der Waals surface area contributed by atoms with Crippen LogP contribution in [0.5, 0.6) is 0 Å². The molecule has 2 aromatic rings. The zero-order valence-electron chi connectivity index (χ0n) is 12.4. The molecular weight excluding hydrogens is 300 g/mol. The van der Waals surface area contributed by atoms with Gasteiger partial charge in [0.05, 0.1) is 0 Å². The van der Waals surface area contributed by atoms with Crippen LogP contribution in [0.3, 0.4) is 0 Å². The van der Waals surface area contributed by atoms with E-state index in [-0.39, 0.29) is 12.5 Å². The Morgan fingerprint density at radius 1 is 1.17 bits per heavy atom. The van der Waals surface area contributed by atoms with Crippen molar-refractivity contribution in [3.05, 3.63) is 69.0 Å². The van der Waals surface area contributed by atoms with Gasteiger partial charge in [-0.2, -0.15) is 0 Å². The van der Waals surface area contributed by atoms with Gasteiger partial charge >= 0.3 is 5.69 Å². The highest BCUT2D eigenvalue weighted by molar-refractivity contribution is 5.88. The predicted molar refractivity (Wildman–Crippen MR) is 82.7 cm³/mol. The SMILES string of the molecule is CNC(=O)[C@@H](NC(=O)Cn1ccc(=O)[nH]c1=O)c1ccccc1. The summed E-state index contributed by atoms with van der Waals surface area (Å²) in [5, 5.41) is 5.05. The van der Waals surface area contributed by atoms with Crippen molar-refractivity contribution in [2.24, 2.45) is 0 Å². The van der Waals surface area contributed by atoms with Gasteiger partial charge in [0.2, 0.25) is 11.8 Å². The van der Waals surface area contributed by atoms with E-state index in [9.17, 15) is 19.2 Å². The average molecular weight is 316 g/mol. The molecule has 2 amide bonds. The van der Waals surface area contributed by atoms with Gasteiger partial charge in [0, 0.05) is 19.3 Å². The number of nitrogens with zero attached hydrogens (tertiary/aromatic N) is 1. The summed E-state index contributed by atoms with van der Waals surface area (Å²) in [6.07, 6.45) is 1.22. The number of carbonyl (C=O) groups excluding carboxylic acids is 2. The lowest BCUT2D eigenvalue weighted by molar-refractivity contribution is -0.129. The molecule has 1 heterocycles. The van der Waals surface area contributed by atoms with Crippen molar-refractivity contribution in [1.82, 2.24) is 20.2 Å². The minimum atomic E-state index is -0.868. The molecule has 0 aliphatic carbocycles. The Morgan fingerprint density at radius 3 is 2.48 bits per heavy atom. The molecule has 8 heteroatoms. The van der Waals surface area contributed by atoms with Crippen LogP contribution in [0.25, 0.3) is 0 Å². The van der Waals surface area contributed by atoms with E-state index in [1.165, 1.54) is 13.2 Å². The lowest BCUT2D eigenvalue weighted by Crippen LogP contribution is -2.42. The topological polar surface area (TPSA) is 113 Å². The maximum Gasteiger partial charge on any atom is 0.328 e. The van der Waals surface area contributed by atoms with E-state index >= 15 is 0 Å². The van der Waals surface area contributed by atoms with Crippen LogP contribution in [-0.2, 0) is 16.1 Å². The molecule has 0 spiro atoms. The van der Waals surface area contributed by atoms with Crippen molar-refractivity contribution < 1.29 is 9.59 Å². The maximum atomic E-state index is 12.1. The highest BCUT2D eigenvalue weighted by Crippen LogP contribution is 2.12. The number of aromatic amines is 1. The number of carbonyl (C=O) groups is 2. The van der Waals surface area contributed by atoms with E-state index < -0.39 is 23.2 Å². The first-order valence-electron chi connectivity index (χ1n) is 6.87. The zero-order valence-corrected chi connectivity index (χ0v) is 12.4. The van der Waals surface area contributed by atoms with E-state index in [0.717, 1.165) is 10.6 Å². The van der Waals surface area contributed by atoms with Crippen LogP contribution in [0.2, 0.25) is 0 Å². The van der Waals surface area contributed by atoms with Gasteiger partial charge in [0.15, 0.2) is 0 Å². The van der Waals surface area contributed by atoms with Crippen LogP contribution in [-0.4, -0.2) is 28.4 Å². The summed E-state index contributed by atoms with van der Waals surface area (Å²) in [4.78, 5) is 48.7. The molecule has 0 aliphatic heterocycles. The summed E-state index contributed by atoms with van der Waals surface area (Å²) >= 11 is 0. The van der Waals surface area contributed by atoms with Gasteiger partial charge in [-0.05, 0) is 5.56 Å². The normalized spacial score (nSPS) is 11.5. The second-order valence-corrected chi connectivity index (χ2v) is 4.76. The van der Waals surface area contributed by atoms with Gasteiger partial charge < -0.3 is 10.6 Å². The molecule has 0 unspecified atom stereocenters. The van der Waals surface area contributed by atoms with Crippen molar-refractivity contribution in [3.63, 3.8) is 0 Å². The molecule has 1 atom stereocenters. The lowest BCUT2D eigenvalue weighted by atomic mass is 10.1. The fourth-order valence-corrected chi connectivity index (χ4v) is 2.02. The van der Waals surface area contributed by atoms with Crippen LogP contribution < -0.4 is 21.9 Å². The standard InChI is InChI=1S/C15H16N4O4/c1-16-14(22)13(10-5-3-2-4-6-10)17-12(21)9-19-8-7-11(20)18-15(19)23/h2-8,13H,9H2,1H3,(H,16,22)(H,17,21)(H,18,20,23)/t13-/m0/s1. The van der Waals surface area contributed by atoms with Crippen molar-refractivity contribution >= 4 is 11.8 Å². The molecule has 1 aromatic carbocycles. The van der Waals surface area contributed by atoms with E-state index in [1.54, 1.807) is 30.3 Å². The Balaban J connectivity index is 2.16. The summed E-state index contributed by atoms with van der Waals surface area (Å²) in [5.74, 6) is -0.907. The van der Waals surface area contributed by atoms with E-state index in [2.05, 4.69) is 15.6 Å². The van der Waals surface area contributed by atoms with Crippen LogP contribution in [0.15, 0.2) is 52.2 Å². The number of nitrogens with one attached hydrogen (secondary N) is 3. The van der Waals surface area contributed by atoms with Crippen molar-refractivity contribution in [3.8, 4) is 0 Å². The van der Waals surface area contributed by atoms with Gasteiger partial charge in [-0.3, -0.25) is 23.9 Å². The average Bonchev–Trinajstić information content (AvgIpc) is 2.55. The highest BCUT2D eigenvalue weighted by atomic mass is 16.2. The summed E-state index contributed by atoms with van der Waals surface area (Å²) in [5.41, 5.74) is -0.614. The van der Waals surface area contributed by atoms with Crippen LogP contribution >= 0.6 is 0 Å². The molecule has 23 heavy (non-hydrogen) atoms. The number of hydrogen-bond donors (Lipinski definition) is 3. The van der Waals surface area contributed by atoms with Crippen molar-refractivity contribution in [2.75, 3.05) is 7.05 Å². The molecule has 0 aliphatic rings. The molecule has 0 radical (unpaired) electrons. The van der Waals surface area contributed by atoms with Gasteiger partial charge in [-0.1, -0.05) is 30.3 Å². The minimum absolute atomic E-state index is 0.310. The molecule has 0 fully saturated rings. The first-order chi connectivity index (χ1) is 11.0. The first kappa shape index (κ1) is 16.2. The van der Waals surface area contributed by atoms with E-state index in [4.69, 9.17) is 0 Å². The molecule has 120 valence electrons. The Hall–Kier alpha value is -3.16. The number of H-pyrrole nitrogens is 1. The Morgan fingerprint density at radius 2 is 1.87 bits per heavy atom.